The van der Waals surface area contributed by atoms with Crippen molar-refractivity contribution in [3.05, 3.63) is 76.0 Å². The largest absolute Gasteiger partial charge is 0.310 e. The van der Waals surface area contributed by atoms with Gasteiger partial charge in [-0.1, -0.05) is 0 Å². The molecule has 0 fully saturated rings. The number of nitrogens with zero attached hydrogens (tertiary/aromatic N) is 3. The molecule has 1 aromatic heterocycles. The van der Waals surface area contributed by atoms with E-state index in [9.17, 15) is 23.7 Å². The van der Waals surface area contributed by atoms with Crippen molar-refractivity contribution in [1.29, 1.82) is 0 Å². The number of thioether (sulfide) groups is 1. The van der Waals surface area contributed by atoms with Crippen LogP contribution in [-0.4, -0.2) is 26.4 Å². The first-order chi connectivity index (χ1) is 13.3. The van der Waals surface area contributed by atoms with E-state index in [2.05, 4.69) is 10.4 Å². The second-order valence-corrected chi connectivity index (χ2v) is 6.79. The van der Waals surface area contributed by atoms with Crippen molar-refractivity contribution in [2.75, 3.05) is 11.1 Å². The Morgan fingerprint density at radius 2 is 1.93 bits per heavy atom. The highest BCUT2D eigenvalue weighted by Gasteiger charge is 2.14. The fourth-order valence-electron chi connectivity index (χ4n) is 2.42. The van der Waals surface area contributed by atoms with Crippen molar-refractivity contribution < 1.29 is 18.5 Å². The number of benzene rings is 2. The van der Waals surface area contributed by atoms with Gasteiger partial charge in [0, 0.05) is 29.2 Å². The van der Waals surface area contributed by atoms with Gasteiger partial charge < -0.3 is 5.32 Å². The van der Waals surface area contributed by atoms with E-state index in [4.69, 9.17) is 0 Å². The Morgan fingerprint density at radius 3 is 2.57 bits per heavy atom. The van der Waals surface area contributed by atoms with Crippen LogP contribution in [0.5, 0.6) is 0 Å². The molecule has 144 valence electrons. The van der Waals surface area contributed by atoms with Crippen LogP contribution in [0.1, 0.15) is 5.69 Å². The molecule has 3 rings (SSSR count). The van der Waals surface area contributed by atoms with Gasteiger partial charge in [0.15, 0.2) is 0 Å². The Balaban J connectivity index is 1.72. The van der Waals surface area contributed by atoms with Gasteiger partial charge in [-0.15, -0.1) is 11.8 Å². The number of non-ortho nitro benzene ring substituents is 1. The average Bonchev–Trinajstić information content (AvgIpc) is 3.01. The molecule has 0 aliphatic rings. The van der Waals surface area contributed by atoms with Crippen LogP contribution in [-0.2, 0) is 4.79 Å². The van der Waals surface area contributed by atoms with Crippen LogP contribution in [0.3, 0.4) is 0 Å². The van der Waals surface area contributed by atoms with Crippen molar-refractivity contribution in [2.45, 2.75) is 11.8 Å². The second-order valence-electron chi connectivity index (χ2n) is 5.77. The van der Waals surface area contributed by atoms with E-state index < -0.39 is 22.5 Å². The highest BCUT2D eigenvalue weighted by atomic mass is 32.2. The minimum absolute atomic E-state index is 0.0593. The van der Waals surface area contributed by atoms with Gasteiger partial charge in [-0.05, 0) is 31.2 Å². The fourth-order valence-corrected chi connectivity index (χ4v) is 3.14. The smallest absolute Gasteiger partial charge is 0.269 e. The third kappa shape index (κ3) is 4.52. The lowest BCUT2D eigenvalue weighted by Gasteiger charge is -2.09. The lowest BCUT2D eigenvalue weighted by atomic mass is 10.3. The molecule has 7 nitrogen and oxygen atoms in total. The summed E-state index contributed by atoms with van der Waals surface area (Å²) in [6.07, 6.45) is 0. The Hall–Kier alpha value is -3.27. The van der Waals surface area contributed by atoms with Gasteiger partial charge in [-0.3, -0.25) is 14.9 Å². The summed E-state index contributed by atoms with van der Waals surface area (Å²) in [5, 5.41) is 17.7. The number of carbonyl (C=O) groups is 1. The van der Waals surface area contributed by atoms with Crippen LogP contribution in [0.2, 0.25) is 0 Å². The van der Waals surface area contributed by atoms with Gasteiger partial charge in [-0.2, -0.15) is 5.10 Å². The summed E-state index contributed by atoms with van der Waals surface area (Å²) in [6.45, 7) is 1.74. The number of aryl methyl sites for hydroxylation is 1. The van der Waals surface area contributed by atoms with Crippen molar-refractivity contribution in [3.63, 3.8) is 0 Å². The number of nitro benzene ring substituents is 1. The molecule has 0 aliphatic heterocycles. The molecule has 0 atom stereocenters. The van der Waals surface area contributed by atoms with E-state index in [1.807, 2.05) is 0 Å². The maximum absolute atomic E-state index is 13.7. The summed E-state index contributed by atoms with van der Waals surface area (Å²) in [5.74, 6) is -1.54. The number of nitro groups is 1. The second kappa shape index (κ2) is 8.17. The topological polar surface area (TPSA) is 90.1 Å². The van der Waals surface area contributed by atoms with Crippen molar-refractivity contribution in [2.24, 2.45) is 0 Å². The third-order valence-corrected chi connectivity index (χ3v) is 4.71. The molecule has 1 heterocycles. The number of rotatable bonds is 6. The molecular formula is C18H14F2N4O3S. The Morgan fingerprint density at radius 1 is 1.21 bits per heavy atom. The summed E-state index contributed by atoms with van der Waals surface area (Å²) < 4.78 is 28.0. The lowest BCUT2D eigenvalue weighted by molar-refractivity contribution is -0.384. The molecule has 1 amide bonds. The van der Waals surface area contributed by atoms with Crippen LogP contribution in [0.15, 0.2) is 53.4 Å². The summed E-state index contributed by atoms with van der Waals surface area (Å²) in [5.41, 5.74) is 1.10. The summed E-state index contributed by atoms with van der Waals surface area (Å²) in [4.78, 5) is 22.7. The highest BCUT2D eigenvalue weighted by Crippen LogP contribution is 2.24. The first-order valence-electron chi connectivity index (χ1n) is 8.02. The number of anilines is 1. The molecule has 28 heavy (non-hydrogen) atoms. The number of aromatic nitrogens is 2. The number of amides is 1. The molecule has 0 spiro atoms. The molecule has 3 aromatic rings. The molecule has 1 N–H and O–H groups in total. The van der Waals surface area contributed by atoms with Gasteiger partial charge >= 0.3 is 0 Å². The Bertz CT molecular complexity index is 1040. The van der Waals surface area contributed by atoms with Crippen molar-refractivity contribution >= 4 is 29.2 Å². The Kier molecular flexibility index (Phi) is 5.69. The molecule has 0 saturated carbocycles. The predicted octanol–water partition coefficient (Wildman–Crippen LogP) is 4.10. The van der Waals surface area contributed by atoms with E-state index in [0.717, 1.165) is 23.9 Å². The summed E-state index contributed by atoms with van der Waals surface area (Å²) in [7, 11) is 0. The molecule has 0 bridgehead atoms. The van der Waals surface area contributed by atoms with Gasteiger partial charge in [0.25, 0.3) is 5.69 Å². The van der Waals surface area contributed by atoms with Gasteiger partial charge in [0.2, 0.25) is 5.91 Å². The fraction of sp³-hybridized carbons (Fsp3) is 0.111. The lowest BCUT2D eigenvalue weighted by Crippen LogP contribution is -2.17. The molecule has 0 unspecified atom stereocenters. The first-order valence-corrected chi connectivity index (χ1v) is 9.01. The van der Waals surface area contributed by atoms with E-state index in [1.54, 1.807) is 13.0 Å². The van der Waals surface area contributed by atoms with Crippen LogP contribution in [0.4, 0.5) is 20.3 Å². The number of carbonyl (C=O) groups excluding carboxylic acids is 1. The quantitative estimate of drug-likeness (QED) is 0.380. The van der Waals surface area contributed by atoms with Crippen molar-refractivity contribution in [1.82, 2.24) is 9.78 Å². The number of hydrogen-bond acceptors (Lipinski definition) is 5. The van der Waals surface area contributed by atoms with Crippen LogP contribution in [0, 0.1) is 28.7 Å². The number of nitrogens with one attached hydrogen (secondary N) is 1. The van der Waals surface area contributed by atoms with E-state index in [-0.39, 0.29) is 16.3 Å². The molecule has 0 saturated heterocycles. The normalized spacial score (nSPS) is 10.7. The zero-order chi connectivity index (χ0) is 20.3. The average molecular weight is 404 g/mol. The van der Waals surface area contributed by atoms with E-state index >= 15 is 0 Å². The predicted molar refractivity (Wildman–Crippen MR) is 101 cm³/mol. The molecular weight excluding hydrogens is 390 g/mol. The zero-order valence-electron chi connectivity index (χ0n) is 14.6. The SMILES string of the molecule is Cc1cc(NC(=O)CSc2ccc(F)cc2F)n(-c2ccc([N+](=O)[O-])cc2)n1. The summed E-state index contributed by atoms with van der Waals surface area (Å²) in [6, 6.07) is 10.5. The van der Waals surface area contributed by atoms with E-state index in [1.165, 1.54) is 35.0 Å². The molecule has 0 aliphatic carbocycles. The van der Waals surface area contributed by atoms with E-state index in [0.29, 0.717) is 17.2 Å². The maximum Gasteiger partial charge on any atom is 0.269 e. The zero-order valence-corrected chi connectivity index (χ0v) is 15.4. The van der Waals surface area contributed by atoms with Gasteiger partial charge in [0.05, 0.1) is 22.1 Å². The number of halogens is 2. The highest BCUT2D eigenvalue weighted by molar-refractivity contribution is 8.00. The monoisotopic (exact) mass is 404 g/mol. The van der Waals surface area contributed by atoms with Crippen molar-refractivity contribution in [3.8, 4) is 5.69 Å². The molecule has 10 heteroatoms. The van der Waals surface area contributed by atoms with Gasteiger partial charge in [0.1, 0.15) is 17.5 Å². The van der Waals surface area contributed by atoms with Crippen LogP contribution >= 0.6 is 11.8 Å². The molecule has 0 radical (unpaired) electrons. The maximum atomic E-state index is 13.7. The number of hydrogen-bond donors (Lipinski definition) is 1. The van der Waals surface area contributed by atoms with Gasteiger partial charge in [-0.25, -0.2) is 13.5 Å². The Labute approximate surface area is 162 Å². The van der Waals surface area contributed by atoms with Crippen LogP contribution in [0.25, 0.3) is 5.69 Å². The summed E-state index contributed by atoms with van der Waals surface area (Å²) >= 11 is 0.938. The minimum atomic E-state index is -0.732. The third-order valence-electron chi connectivity index (χ3n) is 3.66. The molecule has 2 aromatic carbocycles. The van der Waals surface area contributed by atoms with Crippen LogP contribution < -0.4 is 5.32 Å². The standard InChI is InChI=1S/C18H14F2N4O3S/c1-11-8-17(23(22-11)13-3-5-14(6-4-13)24(26)27)21-18(25)10-28-16-7-2-12(19)9-15(16)20/h2-9H,10H2,1H3,(H,21,25). The first kappa shape index (κ1) is 19.5. The minimum Gasteiger partial charge on any atom is -0.310 e.